The van der Waals surface area contributed by atoms with E-state index in [9.17, 15) is 14.4 Å². The molecule has 7 heteroatoms. The Kier molecular flexibility index (Phi) is 5.47. The molecule has 0 unspecified atom stereocenters. The summed E-state index contributed by atoms with van der Waals surface area (Å²) < 4.78 is 1.48. The van der Waals surface area contributed by atoms with Crippen LogP contribution in [-0.4, -0.2) is 47.5 Å². The van der Waals surface area contributed by atoms with Crippen molar-refractivity contribution in [2.75, 3.05) is 31.5 Å². The third-order valence-electron chi connectivity index (χ3n) is 8.77. The first kappa shape index (κ1) is 21.8. The van der Waals surface area contributed by atoms with E-state index in [2.05, 4.69) is 10.6 Å². The Labute approximate surface area is 199 Å². The van der Waals surface area contributed by atoms with Crippen LogP contribution in [0.25, 0.3) is 10.8 Å². The highest BCUT2D eigenvalue weighted by Crippen LogP contribution is 2.61. The minimum absolute atomic E-state index is 0.0389. The third kappa shape index (κ3) is 4.04. The summed E-state index contributed by atoms with van der Waals surface area (Å²) in [4.78, 5) is 40.8. The van der Waals surface area contributed by atoms with Crippen molar-refractivity contribution >= 4 is 28.3 Å². The standard InChI is InChI=1S/C27H34N4O3/c32-24(16-27-13-18-10-19(14-27)12-20(11-18)15-27)29-23-3-1-2-22-21(23)4-7-31(26(22)34)17-25(33)30-8-5-28-6-9-30/h1-4,7,18-20,28H,5-6,8-17H2,(H,29,32). The molecule has 2 heterocycles. The lowest BCUT2D eigenvalue weighted by atomic mass is 9.49. The summed E-state index contributed by atoms with van der Waals surface area (Å²) in [5.74, 6) is 2.48. The van der Waals surface area contributed by atoms with Gasteiger partial charge >= 0.3 is 0 Å². The van der Waals surface area contributed by atoms with Crippen molar-refractivity contribution < 1.29 is 9.59 Å². The lowest BCUT2D eigenvalue weighted by Crippen LogP contribution is -2.48. The number of amides is 2. The van der Waals surface area contributed by atoms with Gasteiger partial charge in [0.25, 0.3) is 5.56 Å². The van der Waals surface area contributed by atoms with Crippen molar-refractivity contribution in [3.8, 4) is 0 Å². The van der Waals surface area contributed by atoms with Gasteiger partial charge in [0.05, 0.1) is 0 Å². The van der Waals surface area contributed by atoms with Gasteiger partial charge in [-0.2, -0.15) is 0 Å². The molecule has 0 atom stereocenters. The van der Waals surface area contributed by atoms with E-state index in [-0.39, 0.29) is 29.3 Å². The summed E-state index contributed by atoms with van der Waals surface area (Å²) in [7, 11) is 0. The Morgan fingerprint density at radius 2 is 1.65 bits per heavy atom. The lowest BCUT2D eigenvalue weighted by molar-refractivity contribution is -0.132. The van der Waals surface area contributed by atoms with E-state index in [0.29, 0.717) is 30.6 Å². The Balaban J connectivity index is 1.19. The van der Waals surface area contributed by atoms with E-state index in [1.165, 1.54) is 43.1 Å². The van der Waals surface area contributed by atoms with Gasteiger partial charge in [-0.25, -0.2) is 0 Å². The summed E-state index contributed by atoms with van der Waals surface area (Å²) in [5, 5.41) is 7.63. The minimum atomic E-state index is -0.196. The fraction of sp³-hybridized carbons (Fsp3) is 0.593. The number of anilines is 1. The maximum atomic E-state index is 13.2. The van der Waals surface area contributed by atoms with E-state index in [0.717, 1.165) is 36.2 Å². The van der Waals surface area contributed by atoms with Crippen LogP contribution in [0.4, 0.5) is 5.69 Å². The second-order valence-corrected chi connectivity index (χ2v) is 11.3. The van der Waals surface area contributed by atoms with Gasteiger partial charge in [-0.1, -0.05) is 6.07 Å². The monoisotopic (exact) mass is 462 g/mol. The largest absolute Gasteiger partial charge is 0.339 e. The number of hydrogen-bond acceptors (Lipinski definition) is 4. The first-order chi connectivity index (χ1) is 16.5. The van der Waals surface area contributed by atoms with Crippen LogP contribution >= 0.6 is 0 Å². The fourth-order valence-electron chi connectivity index (χ4n) is 7.75. The zero-order valence-corrected chi connectivity index (χ0v) is 19.7. The number of hydrogen-bond donors (Lipinski definition) is 2. The van der Waals surface area contributed by atoms with Gasteiger partial charge in [0.1, 0.15) is 6.54 Å². The van der Waals surface area contributed by atoms with E-state index < -0.39 is 0 Å². The smallest absolute Gasteiger partial charge is 0.258 e. The van der Waals surface area contributed by atoms with Crippen LogP contribution in [0.2, 0.25) is 0 Å². The Morgan fingerprint density at radius 1 is 0.971 bits per heavy atom. The fourth-order valence-corrected chi connectivity index (χ4v) is 7.75. The molecule has 5 aliphatic rings. The summed E-state index contributed by atoms with van der Waals surface area (Å²) in [6.45, 7) is 2.94. The molecule has 180 valence electrons. The number of nitrogens with zero attached hydrogens (tertiary/aromatic N) is 2. The first-order valence-corrected chi connectivity index (χ1v) is 12.9. The molecular formula is C27H34N4O3. The average Bonchev–Trinajstić information content (AvgIpc) is 2.80. The molecule has 5 fully saturated rings. The van der Waals surface area contributed by atoms with Crippen molar-refractivity contribution in [1.82, 2.24) is 14.8 Å². The van der Waals surface area contributed by atoms with Crippen LogP contribution in [0.15, 0.2) is 35.3 Å². The second-order valence-electron chi connectivity index (χ2n) is 11.3. The van der Waals surface area contributed by atoms with Gasteiger partial charge in [-0.05, 0) is 79.9 Å². The summed E-state index contributed by atoms with van der Waals surface area (Å²) >= 11 is 0. The number of benzene rings is 1. The van der Waals surface area contributed by atoms with Gasteiger partial charge in [0.15, 0.2) is 0 Å². The molecule has 4 saturated carbocycles. The Hall–Kier alpha value is -2.67. The van der Waals surface area contributed by atoms with Crippen molar-refractivity contribution in [3.05, 3.63) is 40.8 Å². The SMILES string of the molecule is O=C(CC12CC3CC(CC(C3)C1)C2)Nc1cccc2c(=O)n(CC(=O)N3CCNCC3)ccc12. The lowest BCUT2D eigenvalue weighted by Gasteiger charge is -2.56. The molecule has 7 nitrogen and oxygen atoms in total. The van der Waals surface area contributed by atoms with E-state index in [1.807, 2.05) is 18.2 Å². The highest BCUT2D eigenvalue weighted by Gasteiger charge is 2.51. The number of rotatable bonds is 5. The molecule has 1 aliphatic heterocycles. The van der Waals surface area contributed by atoms with E-state index in [4.69, 9.17) is 0 Å². The molecule has 0 radical (unpaired) electrons. The van der Waals surface area contributed by atoms with Crippen molar-refractivity contribution in [3.63, 3.8) is 0 Å². The molecule has 0 spiro atoms. The molecule has 4 bridgehead atoms. The molecule has 1 aromatic carbocycles. The summed E-state index contributed by atoms with van der Waals surface area (Å²) in [5.41, 5.74) is 0.670. The van der Waals surface area contributed by atoms with Crippen LogP contribution < -0.4 is 16.2 Å². The Bertz CT molecular complexity index is 1140. The molecule has 4 aliphatic carbocycles. The number of pyridine rings is 1. The van der Waals surface area contributed by atoms with Gasteiger partial charge in [-0.15, -0.1) is 0 Å². The molecular weight excluding hydrogens is 428 g/mol. The number of aromatic nitrogens is 1. The van der Waals surface area contributed by atoms with E-state index >= 15 is 0 Å². The third-order valence-corrected chi connectivity index (χ3v) is 8.77. The number of piperazine rings is 1. The highest BCUT2D eigenvalue weighted by atomic mass is 16.2. The quantitative estimate of drug-likeness (QED) is 0.716. The average molecular weight is 463 g/mol. The first-order valence-electron chi connectivity index (χ1n) is 12.9. The zero-order chi connectivity index (χ0) is 23.3. The zero-order valence-electron chi connectivity index (χ0n) is 19.7. The predicted molar refractivity (Wildman–Crippen MR) is 132 cm³/mol. The number of nitrogens with one attached hydrogen (secondary N) is 2. The molecule has 34 heavy (non-hydrogen) atoms. The molecule has 1 saturated heterocycles. The maximum Gasteiger partial charge on any atom is 0.258 e. The number of carbonyl (C=O) groups excluding carboxylic acids is 2. The van der Waals surface area contributed by atoms with Crippen LogP contribution in [0.5, 0.6) is 0 Å². The van der Waals surface area contributed by atoms with Crippen molar-refractivity contribution in [1.29, 1.82) is 0 Å². The summed E-state index contributed by atoms with van der Waals surface area (Å²) in [6, 6.07) is 7.31. The molecule has 1 aromatic heterocycles. The molecule has 2 amide bonds. The maximum absolute atomic E-state index is 13.2. The minimum Gasteiger partial charge on any atom is -0.339 e. The van der Waals surface area contributed by atoms with Crippen molar-refractivity contribution in [2.45, 2.75) is 51.5 Å². The van der Waals surface area contributed by atoms with Gasteiger partial charge in [0.2, 0.25) is 11.8 Å². The Morgan fingerprint density at radius 3 is 2.32 bits per heavy atom. The number of fused-ring (bicyclic) bond motifs is 1. The molecule has 2 aromatic rings. The van der Waals surface area contributed by atoms with Crippen LogP contribution in [0.3, 0.4) is 0 Å². The number of carbonyl (C=O) groups is 2. The van der Waals surface area contributed by atoms with Crippen LogP contribution in [0, 0.1) is 23.2 Å². The predicted octanol–water partition coefficient (Wildman–Crippen LogP) is 2.98. The van der Waals surface area contributed by atoms with E-state index in [1.54, 1.807) is 17.2 Å². The normalized spacial score (nSPS) is 30.0. The van der Waals surface area contributed by atoms with Gasteiger partial charge in [-0.3, -0.25) is 14.4 Å². The molecule has 2 N–H and O–H groups in total. The van der Waals surface area contributed by atoms with Gasteiger partial charge in [0, 0.05) is 55.3 Å². The molecule has 7 rings (SSSR count). The van der Waals surface area contributed by atoms with Crippen LogP contribution in [0.1, 0.15) is 44.9 Å². The topological polar surface area (TPSA) is 83.4 Å². The van der Waals surface area contributed by atoms with Crippen LogP contribution in [-0.2, 0) is 16.1 Å². The highest BCUT2D eigenvalue weighted by molar-refractivity contribution is 6.02. The van der Waals surface area contributed by atoms with Gasteiger partial charge < -0.3 is 20.1 Å². The summed E-state index contributed by atoms with van der Waals surface area (Å²) in [6.07, 6.45) is 9.98. The second kappa shape index (κ2) is 8.52. The van der Waals surface area contributed by atoms with Crippen molar-refractivity contribution in [2.24, 2.45) is 23.2 Å².